The Morgan fingerprint density at radius 1 is 1.20 bits per heavy atom. The molecule has 0 spiro atoms. The maximum atomic E-state index is 12.4. The maximum Gasteiger partial charge on any atom is 0.277 e. The van der Waals surface area contributed by atoms with E-state index in [0.717, 1.165) is 17.7 Å². The minimum atomic E-state index is -3.64. The second kappa shape index (κ2) is 5.10. The van der Waals surface area contributed by atoms with E-state index in [1.54, 1.807) is 16.2 Å². The van der Waals surface area contributed by atoms with E-state index in [4.69, 9.17) is 5.14 Å². The highest BCUT2D eigenvalue weighted by Crippen LogP contribution is 2.31. The van der Waals surface area contributed by atoms with Gasteiger partial charge in [-0.3, -0.25) is 4.79 Å². The molecule has 1 fully saturated rings. The van der Waals surface area contributed by atoms with Crippen molar-refractivity contribution >= 4 is 27.5 Å². The number of nitrogens with two attached hydrogens (primary N) is 1. The van der Waals surface area contributed by atoms with Crippen LogP contribution in [0.3, 0.4) is 0 Å². The van der Waals surface area contributed by atoms with E-state index in [9.17, 15) is 13.2 Å². The molecule has 1 aromatic heterocycles. The van der Waals surface area contributed by atoms with Crippen molar-refractivity contribution in [2.75, 3.05) is 26.2 Å². The fourth-order valence-electron chi connectivity index (χ4n) is 2.74. The molecule has 1 aliphatic carbocycles. The molecule has 0 aromatic carbocycles. The van der Waals surface area contributed by atoms with Crippen molar-refractivity contribution in [2.24, 2.45) is 5.14 Å². The van der Waals surface area contributed by atoms with Gasteiger partial charge < -0.3 is 4.90 Å². The van der Waals surface area contributed by atoms with Crippen LogP contribution in [-0.2, 0) is 23.1 Å². The van der Waals surface area contributed by atoms with Crippen LogP contribution in [0.2, 0.25) is 0 Å². The summed E-state index contributed by atoms with van der Waals surface area (Å²) in [6.07, 6.45) is 3.33. The third-order valence-corrected chi connectivity index (χ3v) is 6.15. The van der Waals surface area contributed by atoms with Crippen molar-refractivity contribution in [3.05, 3.63) is 21.4 Å². The lowest BCUT2D eigenvalue weighted by atomic mass is 10.2. The number of carbonyl (C=O) groups is 1. The monoisotopic (exact) mass is 315 g/mol. The minimum Gasteiger partial charge on any atom is -0.335 e. The van der Waals surface area contributed by atoms with Crippen LogP contribution in [-0.4, -0.2) is 49.7 Å². The zero-order valence-corrected chi connectivity index (χ0v) is 12.7. The largest absolute Gasteiger partial charge is 0.335 e. The average Bonchev–Trinajstić information content (AvgIpc) is 2.97. The highest BCUT2D eigenvalue weighted by Gasteiger charge is 2.28. The van der Waals surface area contributed by atoms with Crippen LogP contribution in [0.15, 0.2) is 6.07 Å². The number of aryl methyl sites for hydroxylation is 2. The summed E-state index contributed by atoms with van der Waals surface area (Å²) in [5.41, 5.74) is 1.31. The first-order valence-corrected chi connectivity index (χ1v) is 8.96. The van der Waals surface area contributed by atoms with Crippen molar-refractivity contribution < 1.29 is 13.2 Å². The summed E-state index contributed by atoms with van der Waals surface area (Å²) in [5.74, 6) is 0.0125. The Morgan fingerprint density at radius 3 is 2.50 bits per heavy atom. The third kappa shape index (κ3) is 2.60. The van der Waals surface area contributed by atoms with Crippen LogP contribution in [0.1, 0.15) is 26.5 Å². The molecule has 0 saturated carbocycles. The molecule has 0 atom stereocenters. The van der Waals surface area contributed by atoms with Gasteiger partial charge in [-0.2, -0.15) is 12.7 Å². The second-order valence-electron chi connectivity index (χ2n) is 5.15. The van der Waals surface area contributed by atoms with Gasteiger partial charge in [0, 0.05) is 31.1 Å². The van der Waals surface area contributed by atoms with Crippen molar-refractivity contribution in [3.63, 3.8) is 0 Å². The lowest BCUT2D eigenvalue weighted by Gasteiger charge is -2.32. The van der Waals surface area contributed by atoms with Crippen LogP contribution in [0, 0.1) is 0 Å². The van der Waals surface area contributed by atoms with E-state index in [1.165, 1.54) is 21.2 Å². The van der Waals surface area contributed by atoms with Gasteiger partial charge in [-0.1, -0.05) is 0 Å². The topological polar surface area (TPSA) is 83.7 Å². The van der Waals surface area contributed by atoms with E-state index >= 15 is 0 Å². The highest BCUT2D eigenvalue weighted by atomic mass is 32.2. The molecule has 2 aliphatic rings. The van der Waals surface area contributed by atoms with Crippen molar-refractivity contribution in [1.82, 2.24) is 9.21 Å². The molecule has 1 amide bonds. The van der Waals surface area contributed by atoms with Gasteiger partial charge in [0.1, 0.15) is 0 Å². The van der Waals surface area contributed by atoms with Crippen LogP contribution in [0.5, 0.6) is 0 Å². The van der Waals surface area contributed by atoms with Gasteiger partial charge in [0.05, 0.1) is 4.88 Å². The van der Waals surface area contributed by atoms with Gasteiger partial charge in [-0.05, 0) is 30.9 Å². The van der Waals surface area contributed by atoms with Crippen molar-refractivity contribution in [2.45, 2.75) is 19.3 Å². The molecule has 6 nitrogen and oxygen atoms in total. The number of carbonyl (C=O) groups excluding carboxylic acids is 1. The number of piperazine rings is 1. The minimum absolute atomic E-state index is 0.0125. The summed E-state index contributed by atoms with van der Waals surface area (Å²) in [6.45, 7) is 1.35. The van der Waals surface area contributed by atoms with Gasteiger partial charge in [0.25, 0.3) is 16.1 Å². The predicted octanol–water partition coefficient (Wildman–Crippen LogP) is 0.198. The molecular formula is C12H17N3O3S2. The number of rotatable bonds is 2. The van der Waals surface area contributed by atoms with Crippen LogP contribution in [0.25, 0.3) is 0 Å². The van der Waals surface area contributed by atoms with E-state index in [1.807, 2.05) is 6.07 Å². The summed E-state index contributed by atoms with van der Waals surface area (Å²) in [7, 11) is -3.64. The van der Waals surface area contributed by atoms with E-state index in [2.05, 4.69) is 0 Å². The number of hydrogen-bond acceptors (Lipinski definition) is 4. The molecule has 2 N–H and O–H groups in total. The summed E-state index contributed by atoms with van der Waals surface area (Å²) in [5, 5.41) is 5.09. The SMILES string of the molecule is NS(=O)(=O)N1CCN(C(=O)c2cc3c(s2)CCC3)CC1. The predicted molar refractivity (Wildman–Crippen MR) is 76.9 cm³/mol. The number of thiophene rings is 1. The highest BCUT2D eigenvalue weighted by molar-refractivity contribution is 7.86. The normalized spacial score (nSPS) is 20.1. The molecule has 0 radical (unpaired) electrons. The summed E-state index contributed by atoms with van der Waals surface area (Å²) in [4.78, 5) is 16.2. The first kappa shape index (κ1) is 14.0. The quantitative estimate of drug-likeness (QED) is 0.846. The Hall–Kier alpha value is -0.960. The second-order valence-corrected chi connectivity index (χ2v) is 7.83. The van der Waals surface area contributed by atoms with Gasteiger partial charge >= 0.3 is 0 Å². The van der Waals surface area contributed by atoms with Gasteiger partial charge in [-0.25, -0.2) is 5.14 Å². The van der Waals surface area contributed by atoms with Crippen LogP contribution >= 0.6 is 11.3 Å². The van der Waals surface area contributed by atoms with Crippen molar-refractivity contribution in [3.8, 4) is 0 Å². The maximum absolute atomic E-state index is 12.4. The molecule has 2 heterocycles. The Kier molecular flexibility index (Phi) is 3.57. The lowest BCUT2D eigenvalue weighted by Crippen LogP contribution is -2.52. The zero-order valence-electron chi connectivity index (χ0n) is 11.0. The molecule has 3 rings (SSSR count). The van der Waals surface area contributed by atoms with E-state index in [0.29, 0.717) is 13.1 Å². The molecule has 110 valence electrons. The summed E-state index contributed by atoms with van der Waals surface area (Å²) in [6, 6.07) is 2.00. The number of fused-ring (bicyclic) bond motifs is 1. The van der Waals surface area contributed by atoms with Gasteiger partial charge in [-0.15, -0.1) is 11.3 Å². The molecule has 8 heteroatoms. The fraction of sp³-hybridized carbons (Fsp3) is 0.583. The Balaban J connectivity index is 1.67. The number of amides is 1. The average molecular weight is 315 g/mol. The van der Waals surface area contributed by atoms with E-state index < -0.39 is 10.2 Å². The zero-order chi connectivity index (χ0) is 14.3. The molecule has 0 bridgehead atoms. The van der Waals surface area contributed by atoms with Gasteiger partial charge in [0.2, 0.25) is 0 Å². The molecule has 0 unspecified atom stereocenters. The first-order chi connectivity index (χ1) is 9.45. The third-order valence-electron chi connectivity index (χ3n) is 3.84. The summed E-state index contributed by atoms with van der Waals surface area (Å²) >= 11 is 1.58. The molecule has 1 aliphatic heterocycles. The first-order valence-electron chi connectivity index (χ1n) is 6.64. The number of nitrogens with zero attached hydrogens (tertiary/aromatic N) is 2. The standard InChI is InChI=1S/C12H17N3O3S2/c13-20(17,18)15-6-4-14(5-7-15)12(16)11-8-9-2-1-3-10(9)19-11/h8H,1-7H2,(H2,13,17,18). The van der Waals surface area contributed by atoms with Crippen molar-refractivity contribution in [1.29, 1.82) is 0 Å². The van der Waals surface area contributed by atoms with Crippen LogP contribution in [0.4, 0.5) is 0 Å². The van der Waals surface area contributed by atoms with Gasteiger partial charge in [0.15, 0.2) is 0 Å². The Labute approximate surface area is 122 Å². The number of hydrogen-bond donors (Lipinski definition) is 1. The molecule has 1 saturated heterocycles. The lowest BCUT2D eigenvalue weighted by molar-refractivity contribution is 0.0702. The molecule has 1 aromatic rings. The fourth-order valence-corrected chi connectivity index (χ4v) is 4.63. The smallest absolute Gasteiger partial charge is 0.277 e. The summed E-state index contributed by atoms with van der Waals surface area (Å²) < 4.78 is 23.7. The van der Waals surface area contributed by atoms with E-state index in [-0.39, 0.29) is 19.0 Å². The molecular weight excluding hydrogens is 298 g/mol. The Bertz CT molecular complexity index is 609. The molecule has 20 heavy (non-hydrogen) atoms. The van der Waals surface area contributed by atoms with Crippen LogP contribution < -0.4 is 5.14 Å². The Morgan fingerprint density at radius 2 is 1.90 bits per heavy atom.